The minimum atomic E-state index is -0.319. The average molecular weight is 298 g/mol. The van der Waals surface area contributed by atoms with E-state index in [2.05, 4.69) is 5.32 Å². The molecule has 5 nitrogen and oxygen atoms in total. The third-order valence-corrected chi connectivity index (χ3v) is 5.38. The maximum atomic E-state index is 12.5. The molecular weight excluding hydrogens is 280 g/mol. The number of carbonyl (C=O) groups is 3. The summed E-state index contributed by atoms with van der Waals surface area (Å²) in [6, 6.07) is 9.06. The first-order valence-corrected chi connectivity index (χ1v) is 7.85. The van der Waals surface area contributed by atoms with E-state index in [-0.39, 0.29) is 36.1 Å². The van der Waals surface area contributed by atoms with Crippen molar-refractivity contribution in [3.8, 4) is 0 Å². The molecule has 0 aromatic heterocycles. The van der Waals surface area contributed by atoms with Gasteiger partial charge in [0.2, 0.25) is 17.7 Å². The predicted molar refractivity (Wildman–Crippen MR) is 79.6 cm³/mol. The van der Waals surface area contributed by atoms with Crippen LogP contribution in [0.5, 0.6) is 0 Å². The molecule has 2 aliphatic carbocycles. The summed E-state index contributed by atoms with van der Waals surface area (Å²) in [5.41, 5.74) is 0.673. The molecule has 1 aliphatic heterocycles. The summed E-state index contributed by atoms with van der Waals surface area (Å²) in [7, 11) is 0. The van der Waals surface area contributed by atoms with E-state index in [0.29, 0.717) is 17.5 Å². The molecule has 22 heavy (non-hydrogen) atoms. The lowest BCUT2D eigenvalue weighted by atomic mass is 9.81. The Labute approximate surface area is 128 Å². The fourth-order valence-corrected chi connectivity index (χ4v) is 4.49. The second-order valence-electron chi connectivity index (χ2n) is 6.56. The van der Waals surface area contributed by atoms with E-state index in [1.807, 2.05) is 18.2 Å². The van der Waals surface area contributed by atoms with Crippen LogP contribution in [0.4, 0.5) is 5.69 Å². The van der Waals surface area contributed by atoms with Gasteiger partial charge in [0, 0.05) is 5.69 Å². The molecule has 1 aromatic carbocycles. The lowest BCUT2D eigenvalue weighted by molar-refractivity contribution is -0.143. The highest BCUT2D eigenvalue weighted by Crippen LogP contribution is 2.55. The van der Waals surface area contributed by atoms with Crippen molar-refractivity contribution < 1.29 is 14.4 Å². The van der Waals surface area contributed by atoms with Gasteiger partial charge in [-0.15, -0.1) is 0 Å². The van der Waals surface area contributed by atoms with Crippen molar-refractivity contribution in [3.05, 3.63) is 30.3 Å². The first-order valence-electron chi connectivity index (χ1n) is 7.85. The SMILES string of the molecule is O=C(CN1C(=O)[C@@H]2[C@H]3CC[C@@H](C3)[C@H]2C1=O)Nc1ccccc1. The van der Waals surface area contributed by atoms with E-state index in [4.69, 9.17) is 0 Å². The summed E-state index contributed by atoms with van der Waals surface area (Å²) in [6.45, 7) is -0.168. The number of rotatable bonds is 3. The Morgan fingerprint density at radius 1 is 1.05 bits per heavy atom. The van der Waals surface area contributed by atoms with Crippen molar-refractivity contribution in [1.29, 1.82) is 0 Å². The minimum absolute atomic E-state index is 0.134. The van der Waals surface area contributed by atoms with Crippen LogP contribution in [0.25, 0.3) is 0 Å². The number of imide groups is 1. The van der Waals surface area contributed by atoms with Gasteiger partial charge in [0.1, 0.15) is 6.54 Å². The van der Waals surface area contributed by atoms with Gasteiger partial charge in [-0.25, -0.2) is 0 Å². The van der Waals surface area contributed by atoms with Gasteiger partial charge in [-0.2, -0.15) is 0 Å². The van der Waals surface area contributed by atoms with Crippen LogP contribution in [0.2, 0.25) is 0 Å². The Hall–Kier alpha value is -2.17. The van der Waals surface area contributed by atoms with Crippen LogP contribution < -0.4 is 5.32 Å². The first kappa shape index (κ1) is 13.5. The first-order chi connectivity index (χ1) is 10.6. The zero-order chi connectivity index (χ0) is 15.3. The minimum Gasteiger partial charge on any atom is -0.325 e. The number of amides is 3. The van der Waals surface area contributed by atoms with E-state index in [0.717, 1.165) is 19.3 Å². The second-order valence-corrected chi connectivity index (χ2v) is 6.56. The van der Waals surface area contributed by atoms with Crippen LogP contribution >= 0.6 is 0 Å². The monoisotopic (exact) mass is 298 g/mol. The maximum absolute atomic E-state index is 12.5. The number of nitrogens with one attached hydrogen (secondary N) is 1. The molecule has 3 amide bonds. The highest BCUT2D eigenvalue weighted by Gasteiger charge is 2.60. The molecular formula is C17H18N2O3. The summed E-state index contributed by atoms with van der Waals surface area (Å²) >= 11 is 0. The van der Waals surface area contributed by atoms with Crippen LogP contribution in [0, 0.1) is 23.7 Å². The summed E-state index contributed by atoms with van der Waals surface area (Å²) in [6.07, 6.45) is 3.11. The second kappa shape index (κ2) is 4.93. The van der Waals surface area contributed by atoms with Gasteiger partial charge in [-0.1, -0.05) is 18.2 Å². The number of nitrogens with zero attached hydrogens (tertiary/aromatic N) is 1. The lowest BCUT2D eigenvalue weighted by Crippen LogP contribution is -2.39. The largest absolute Gasteiger partial charge is 0.325 e. The summed E-state index contributed by atoms with van der Waals surface area (Å²) < 4.78 is 0. The smallest absolute Gasteiger partial charge is 0.244 e. The Morgan fingerprint density at radius 3 is 2.23 bits per heavy atom. The topological polar surface area (TPSA) is 66.5 Å². The van der Waals surface area contributed by atoms with E-state index in [1.54, 1.807) is 12.1 Å². The van der Waals surface area contributed by atoms with Crippen molar-refractivity contribution in [1.82, 2.24) is 4.90 Å². The molecule has 1 aromatic rings. The maximum Gasteiger partial charge on any atom is 0.244 e. The zero-order valence-corrected chi connectivity index (χ0v) is 12.2. The molecule has 5 heteroatoms. The summed E-state index contributed by atoms with van der Waals surface area (Å²) in [5.74, 6) is -0.190. The number of benzene rings is 1. The highest BCUT2D eigenvalue weighted by atomic mass is 16.2. The number of anilines is 1. The van der Waals surface area contributed by atoms with E-state index in [9.17, 15) is 14.4 Å². The van der Waals surface area contributed by atoms with Gasteiger partial charge in [-0.3, -0.25) is 19.3 Å². The van der Waals surface area contributed by atoms with E-state index >= 15 is 0 Å². The number of hydrogen-bond acceptors (Lipinski definition) is 3. The number of para-hydroxylation sites is 1. The van der Waals surface area contributed by atoms with Crippen LogP contribution in [0.1, 0.15) is 19.3 Å². The summed E-state index contributed by atoms with van der Waals surface area (Å²) in [5, 5.41) is 2.73. The molecule has 0 unspecified atom stereocenters. The molecule has 4 atom stereocenters. The van der Waals surface area contributed by atoms with Crippen molar-refractivity contribution in [2.75, 3.05) is 11.9 Å². The highest BCUT2D eigenvalue weighted by molar-refractivity contribution is 6.09. The van der Waals surface area contributed by atoms with E-state index < -0.39 is 0 Å². The number of fused-ring (bicyclic) bond motifs is 5. The van der Waals surface area contributed by atoms with Crippen LogP contribution in [-0.2, 0) is 14.4 Å². The molecule has 3 aliphatic rings. The average Bonchev–Trinajstić information content (AvgIpc) is 3.18. The number of likely N-dealkylation sites (tertiary alicyclic amines) is 1. The molecule has 114 valence electrons. The van der Waals surface area contributed by atoms with Gasteiger partial charge in [0.05, 0.1) is 11.8 Å². The van der Waals surface area contributed by atoms with Gasteiger partial charge < -0.3 is 5.32 Å². The van der Waals surface area contributed by atoms with E-state index in [1.165, 1.54) is 4.90 Å². The Bertz CT molecular complexity index is 615. The zero-order valence-electron chi connectivity index (χ0n) is 12.2. The van der Waals surface area contributed by atoms with Crippen molar-refractivity contribution in [3.63, 3.8) is 0 Å². The standard InChI is InChI=1S/C17H18N2O3/c20-13(18-12-4-2-1-3-5-12)9-19-16(21)14-10-6-7-11(8-10)15(14)17(19)22/h1-5,10-11,14-15H,6-9H2,(H,18,20)/t10-,11-,14+,15+/m0/s1. The van der Waals surface area contributed by atoms with Crippen molar-refractivity contribution >= 4 is 23.4 Å². The Kier molecular flexibility index (Phi) is 3.03. The van der Waals surface area contributed by atoms with Gasteiger partial charge in [-0.05, 0) is 43.2 Å². The molecule has 4 rings (SSSR count). The number of hydrogen-bond donors (Lipinski definition) is 1. The van der Waals surface area contributed by atoms with Crippen molar-refractivity contribution in [2.45, 2.75) is 19.3 Å². The molecule has 3 fully saturated rings. The van der Waals surface area contributed by atoms with Crippen LogP contribution in [0.15, 0.2) is 30.3 Å². The quantitative estimate of drug-likeness (QED) is 0.863. The molecule has 0 spiro atoms. The van der Waals surface area contributed by atoms with Crippen LogP contribution in [-0.4, -0.2) is 29.2 Å². The summed E-state index contributed by atoms with van der Waals surface area (Å²) in [4.78, 5) is 38.3. The molecule has 2 saturated carbocycles. The fraction of sp³-hybridized carbons (Fsp3) is 0.471. The van der Waals surface area contributed by atoms with Gasteiger partial charge >= 0.3 is 0 Å². The van der Waals surface area contributed by atoms with Crippen LogP contribution in [0.3, 0.4) is 0 Å². The molecule has 0 radical (unpaired) electrons. The van der Waals surface area contributed by atoms with Gasteiger partial charge in [0.25, 0.3) is 0 Å². The molecule has 1 saturated heterocycles. The lowest BCUT2D eigenvalue weighted by Gasteiger charge is -2.19. The third-order valence-electron chi connectivity index (χ3n) is 5.38. The molecule has 1 heterocycles. The third kappa shape index (κ3) is 1.95. The van der Waals surface area contributed by atoms with Crippen molar-refractivity contribution in [2.24, 2.45) is 23.7 Å². The molecule has 2 bridgehead atoms. The fourth-order valence-electron chi connectivity index (χ4n) is 4.49. The Morgan fingerprint density at radius 2 is 1.64 bits per heavy atom. The normalized spacial score (nSPS) is 32.5. The predicted octanol–water partition coefficient (Wildman–Crippen LogP) is 1.66. The number of carbonyl (C=O) groups excluding carboxylic acids is 3. The Balaban J connectivity index is 1.46. The van der Waals surface area contributed by atoms with Gasteiger partial charge in [0.15, 0.2) is 0 Å². The molecule has 1 N–H and O–H groups in total.